The topological polar surface area (TPSA) is 118 Å². The minimum atomic E-state index is -4.72. The van der Waals surface area contributed by atoms with E-state index in [1.54, 1.807) is 0 Å². The zero-order valence-corrected chi connectivity index (χ0v) is 22.3. The molecule has 0 amide bonds. The number of benzene rings is 1. The lowest BCUT2D eigenvalue weighted by Crippen LogP contribution is -2.43. The van der Waals surface area contributed by atoms with Crippen LogP contribution in [0.4, 0.5) is 34.9 Å². The third-order valence-electron chi connectivity index (χ3n) is 6.01. The molecule has 3 aromatic rings. The van der Waals surface area contributed by atoms with Crippen LogP contribution in [0.1, 0.15) is 11.4 Å². The van der Waals surface area contributed by atoms with Gasteiger partial charge in [-0.3, -0.25) is 0 Å². The Hall–Kier alpha value is -3.60. The quantitative estimate of drug-likeness (QED) is 0.424. The van der Waals surface area contributed by atoms with Gasteiger partial charge in [0.05, 0.1) is 42.2 Å². The minimum absolute atomic E-state index is 0.0285. The number of nitrogens with zero attached hydrogens (tertiary/aromatic N) is 7. The summed E-state index contributed by atoms with van der Waals surface area (Å²) in [5.41, 5.74) is -0.584. The normalized spacial score (nSPS) is 16.8. The summed E-state index contributed by atoms with van der Waals surface area (Å²) in [7, 11) is -3.89. The molecule has 0 radical (unpaired) electrons. The molecule has 2 aliphatic rings. The van der Waals surface area contributed by atoms with Crippen LogP contribution in [0.25, 0.3) is 5.82 Å². The number of aromatic nitrogens is 4. The highest BCUT2D eigenvalue weighted by Crippen LogP contribution is 2.32. The number of nitrogens with one attached hydrogen (secondary N) is 1. The largest absolute Gasteiger partial charge is 0.435 e. The predicted octanol–water partition coefficient (Wildman–Crippen LogP) is 3.88. The maximum Gasteiger partial charge on any atom is 0.435 e. The number of aryl methyl sites for hydroxylation is 1. The van der Waals surface area contributed by atoms with Crippen molar-refractivity contribution in [2.45, 2.75) is 13.1 Å². The monoisotopic (exact) mass is 600 g/mol. The SMILES string of the molecule is Cc1cc(C(F)(F)F)nn1-c1nc(Nc2ccc(F)c(Cl)c2)ncc1N1C=NC=C(S(=O)(=O)N2CCOCC2)C1. The van der Waals surface area contributed by atoms with E-state index in [0.29, 0.717) is 5.69 Å². The highest BCUT2D eigenvalue weighted by Gasteiger charge is 2.36. The molecule has 212 valence electrons. The molecule has 5 rings (SSSR count). The molecule has 0 aliphatic carbocycles. The highest BCUT2D eigenvalue weighted by atomic mass is 35.5. The number of halogens is 5. The average Bonchev–Trinajstić information content (AvgIpc) is 3.33. The summed E-state index contributed by atoms with van der Waals surface area (Å²) in [4.78, 5) is 14.0. The summed E-state index contributed by atoms with van der Waals surface area (Å²) in [5.74, 6) is -0.790. The molecule has 1 saturated heterocycles. The van der Waals surface area contributed by atoms with Gasteiger partial charge in [0.2, 0.25) is 16.0 Å². The lowest BCUT2D eigenvalue weighted by atomic mass is 10.3. The second-order valence-electron chi connectivity index (χ2n) is 8.74. The van der Waals surface area contributed by atoms with Gasteiger partial charge in [0.25, 0.3) is 0 Å². The summed E-state index contributed by atoms with van der Waals surface area (Å²) in [6.45, 7) is 2.10. The molecule has 0 atom stereocenters. The van der Waals surface area contributed by atoms with Crippen molar-refractivity contribution in [3.63, 3.8) is 0 Å². The Labute approximate surface area is 230 Å². The fourth-order valence-corrected chi connectivity index (χ4v) is 5.65. The zero-order chi connectivity index (χ0) is 28.7. The van der Waals surface area contributed by atoms with Crippen LogP contribution in [0.15, 0.2) is 46.6 Å². The number of rotatable bonds is 6. The van der Waals surface area contributed by atoms with Crippen molar-refractivity contribution in [2.75, 3.05) is 43.1 Å². The summed E-state index contributed by atoms with van der Waals surface area (Å²) < 4.78 is 87.9. The number of sulfonamides is 1. The first-order valence-electron chi connectivity index (χ1n) is 11.7. The van der Waals surface area contributed by atoms with Crippen molar-refractivity contribution in [3.8, 4) is 5.82 Å². The number of hydrogen-bond donors (Lipinski definition) is 1. The van der Waals surface area contributed by atoms with Crippen LogP contribution in [0.2, 0.25) is 5.02 Å². The number of ether oxygens (including phenoxy) is 1. The highest BCUT2D eigenvalue weighted by molar-refractivity contribution is 7.93. The van der Waals surface area contributed by atoms with Crippen LogP contribution >= 0.6 is 11.6 Å². The lowest BCUT2D eigenvalue weighted by Gasteiger charge is -2.30. The molecule has 17 heteroatoms. The summed E-state index contributed by atoms with van der Waals surface area (Å²) in [5, 5.41) is 6.37. The fourth-order valence-electron chi connectivity index (χ4n) is 4.01. The van der Waals surface area contributed by atoms with Gasteiger partial charge in [-0.2, -0.15) is 27.6 Å². The van der Waals surface area contributed by atoms with Crippen LogP contribution in [-0.2, 0) is 20.9 Å². The van der Waals surface area contributed by atoms with Crippen molar-refractivity contribution in [3.05, 3.63) is 63.8 Å². The Bertz CT molecular complexity index is 1600. The zero-order valence-electron chi connectivity index (χ0n) is 20.7. The number of aliphatic imine (C=N–C) groups is 1. The lowest BCUT2D eigenvalue weighted by molar-refractivity contribution is -0.141. The third kappa shape index (κ3) is 5.65. The standard InChI is InChI=1S/C23H21ClF4N8O3S/c1-14-8-20(23(26,27)28)33-36(14)21-19(11-30-22(32-21)31-15-2-3-18(25)17(24)9-15)34-12-16(10-29-13-34)40(37,38)35-4-6-39-7-5-35/h2-3,8-11,13H,4-7,12H2,1H3,(H,30,31,32). The van der Waals surface area contributed by atoms with Crippen molar-refractivity contribution < 1.29 is 30.7 Å². The van der Waals surface area contributed by atoms with Crippen molar-refractivity contribution in [1.29, 1.82) is 0 Å². The Morgan fingerprint density at radius 2 is 1.90 bits per heavy atom. The Morgan fingerprint density at radius 1 is 1.15 bits per heavy atom. The molecule has 1 fully saturated rings. The van der Waals surface area contributed by atoms with Gasteiger partial charge >= 0.3 is 6.18 Å². The van der Waals surface area contributed by atoms with Crippen LogP contribution in [0.3, 0.4) is 0 Å². The van der Waals surface area contributed by atoms with E-state index >= 15 is 0 Å². The summed E-state index contributed by atoms with van der Waals surface area (Å²) in [6.07, 6.45) is -0.891. The fraction of sp³-hybridized carbons (Fsp3) is 0.304. The van der Waals surface area contributed by atoms with Crippen LogP contribution in [-0.4, -0.2) is 71.7 Å². The van der Waals surface area contributed by atoms with Gasteiger partial charge in [-0.05, 0) is 31.2 Å². The molecule has 1 N–H and O–H groups in total. The van der Waals surface area contributed by atoms with E-state index in [4.69, 9.17) is 16.3 Å². The molecular weight excluding hydrogens is 580 g/mol. The molecule has 0 saturated carbocycles. The van der Waals surface area contributed by atoms with Gasteiger partial charge in [-0.15, -0.1) is 0 Å². The van der Waals surface area contributed by atoms with E-state index in [1.807, 2.05) is 0 Å². The van der Waals surface area contributed by atoms with Crippen molar-refractivity contribution in [2.24, 2.45) is 4.99 Å². The second kappa shape index (κ2) is 10.8. The van der Waals surface area contributed by atoms with Gasteiger partial charge in [-0.25, -0.2) is 27.5 Å². The third-order valence-corrected chi connectivity index (χ3v) is 8.24. The summed E-state index contributed by atoms with van der Waals surface area (Å²) >= 11 is 5.84. The smallest absolute Gasteiger partial charge is 0.379 e. The minimum Gasteiger partial charge on any atom is -0.379 e. The Kier molecular flexibility index (Phi) is 7.52. The van der Waals surface area contributed by atoms with Gasteiger partial charge in [-0.1, -0.05) is 11.6 Å². The summed E-state index contributed by atoms with van der Waals surface area (Å²) in [6, 6.07) is 4.65. The van der Waals surface area contributed by atoms with Gasteiger partial charge in [0, 0.05) is 30.7 Å². The van der Waals surface area contributed by atoms with Crippen LogP contribution < -0.4 is 10.2 Å². The number of hydrogen-bond acceptors (Lipinski definition) is 9. The number of morpholine rings is 1. The van der Waals surface area contributed by atoms with E-state index in [0.717, 1.165) is 16.8 Å². The van der Waals surface area contributed by atoms with E-state index in [9.17, 15) is 26.0 Å². The Morgan fingerprint density at radius 3 is 2.58 bits per heavy atom. The first-order valence-corrected chi connectivity index (χ1v) is 13.6. The van der Waals surface area contributed by atoms with Gasteiger partial charge < -0.3 is 15.0 Å². The molecule has 40 heavy (non-hydrogen) atoms. The Balaban J connectivity index is 1.53. The number of anilines is 3. The van der Waals surface area contributed by atoms with Gasteiger partial charge in [0.1, 0.15) is 11.5 Å². The first kappa shape index (κ1) is 27.9. The molecule has 0 spiro atoms. The van der Waals surface area contributed by atoms with E-state index in [2.05, 4.69) is 25.4 Å². The molecular formula is C23H21ClF4N8O3S. The van der Waals surface area contributed by atoms with E-state index in [-0.39, 0.29) is 65.9 Å². The maximum absolute atomic E-state index is 13.6. The first-order chi connectivity index (χ1) is 18.9. The second-order valence-corrected chi connectivity index (χ2v) is 11.1. The van der Waals surface area contributed by atoms with Crippen molar-refractivity contribution in [1.82, 2.24) is 24.1 Å². The molecule has 4 heterocycles. The van der Waals surface area contributed by atoms with E-state index < -0.39 is 27.7 Å². The molecule has 1 aromatic carbocycles. The van der Waals surface area contributed by atoms with Crippen LogP contribution in [0, 0.1) is 12.7 Å². The van der Waals surface area contributed by atoms with Gasteiger partial charge in [0.15, 0.2) is 11.5 Å². The number of alkyl halides is 3. The maximum atomic E-state index is 13.6. The molecule has 0 bridgehead atoms. The molecule has 11 nitrogen and oxygen atoms in total. The van der Waals surface area contributed by atoms with Crippen LogP contribution in [0.5, 0.6) is 0 Å². The molecule has 2 aromatic heterocycles. The predicted molar refractivity (Wildman–Crippen MR) is 139 cm³/mol. The molecule has 2 aliphatic heterocycles. The van der Waals surface area contributed by atoms with E-state index in [1.165, 1.54) is 47.0 Å². The molecule has 0 unspecified atom stereocenters. The average molecular weight is 601 g/mol. The van der Waals surface area contributed by atoms with Crippen molar-refractivity contribution >= 4 is 45.3 Å².